The van der Waals surface area contributed by atoms with Crippen molar-refractivity contribution in [2.75, 3.05) is 7.05 Å². The first kappa shape index (κ1) is 21.8. The topological polar surface area (TPSA) is 91.8 Å². The number of allylic oxidation sites excluding steroid dienone is 3. The van der Waals surface area contributed by atoms with Crippen LogP contribution in [0.1, 0.15) is 53.3 Å². The zero-order valence-corrected chi connectivity index (χ0v) is 18.4. The number of benzene rings is 1. The van der Waals surface area contributed by atoms with Crippen LogP contribution >= 0.6 is 0 Å². The van der Waals surface area contributed by atoms with E-state index >= 15 is 0 Å². The van der Waals surface area contributed by atoms with E-state index in [0.29, 0.717) is 18.9 Å². The molecule has 0 unspecified atom stereocenters. The van der Waals surface area contributed by atoms with Gasteiger partial charge in [-0.3, -0.25) is 14.2 Å². The fourth-order valence-electron chi connectivity index (χ4n) is 3.49. The highest BCUT2D eigenvalue weighted by atomic mass is 16.2. The van der Waals surface area contributed by atoms with Gasteiger partial charge in [0, 0.05) is 36.9 Å². The van der Waals surface area contributed by atoms with Crippen molar-refractivity contribution < 1.29 is 4.79 Å². The average molecular weight is 432 g/mol. The molecule has 0 bridgehead atoms. The van der Waals surface area contributed by atoms with Crippen LogP contribution in [0.15, 0.2) is 53.4 Å². The molecule has 166 valence electrons. The molecule has 3 N–H and O–H groups in total. The van der Waals surface area contributed by atoms with Gasteiger partial charge in [0.2, 0.25) is 0 Å². The van der Waals surface area contributed by atoms with Crippen molar-refractivity contribution in [2.24, 2.45) is 0 Å². The van der Waals surface area contributed by atoms with Gasteiger partial charge < -0.3 is 15.6 Å². The second-order valence-electron chi connectivity index (χ2n) is 8.08. The predicted octanol–water partition coefficient (Wildman–Crippen LogP) is 3.52. The highest BCUT2D eigenvalue weighted by Gasteiger charge is 2.13. The number of aromatic amines is 1. The molecular weight excluding hydrogens is 402 g/mol. The smallest absolute Gasteiger partial charge is 0.270 e. The van der Waals surface area contributed by atoms with Gasteiger partial charge >= 0.3 is 0 Å². The Morgan fingerprint density at radius 3 is 2.66 bits per heavy atom. The number of amides is 1. The molecule has 5 rings (SSSR count). The third-order valence-corrected chi connectivity index (χ3v) is 5.61. The minimum absolute atomic E-state index is 0.125. The number of carbonyl (C=O) groups is 1. The number of nitrogens with one attached hydrogen (secondary N) is 3. The summed E-state index contributed by atoms with van der Waals surface area (Å²) in [5, 5.41) is 7.09. The van der Waals surface area contributed by atoms with Crippen LogP contribution in [0.2, 0.25) is 0 Å². The molecule has 1 amide bonds. The second kappa shape index (κ2) is 10.2. The van der Waals surface area contributed by atoms with Gasteiger partial charge in [-0.05, 0) is 36.2 Å². The van der Waals surface area contributed by atoms with Crippen molar-refractivity contribution in [3.63, 3.8) is 0 Å². The Hall–Kier alpha value is -3.45. The van der Waals surface area contributed by atoms with Gasteiger partial charge in [-0.25, -0.2) is 4.98 Å². The highest BCUT2D eigenvalue weighted by Crippen LogP contribution is 2.17. The van der Waals surface area contributed by atoms with E-state index in [-0.39, 0.29) is 17.2 Å². The number of H-pyrrole nitrogens is 1. The summed E-state index contributed by atoms with van der Waals surface area (Å²) in [5.41, 5.74) is 2.98. The van der Waals surface area contributed by atoms with E-state index in [1.165, 1.54) is 36.3 Å². The summed E-state index contributed by atoms with van der Waals surface area (Å²) >= 11 is 0. The number of fused-ring (bicyclic) bond motifs is 2. The normalized spacial score (nSPS) is 14.2. The van der Waals surface area contributed by atoms with Gasteiger partial charge in [-0.2, -0.15) is 0 Å². The first-order valence-corrected chi connectivity index (χ1v) is 11.1. The fraction of sp³-hybridized carbons (Fsp3) is 0.320. The number of hydrogen-bond acceptors (Lipinski definition) is 4. The summed E-state index contributed by atoms with van der Waals surface area (Å²) in [7, 11) is 1.90. The molecule has 1 aliphatic heterocycles. The van der Waals surface area contributed by atoms with Gasteiger partial charge in [0.15, 0.2) is 0 Å². The molecule has 1 fully saturated rings. The Kier molecular flexibility index (Phi) is 6.97. The van der Waals surface area contributed by atoms with Crippen LogP contribution in [-0.4, -0.2) is 27.5 Å². The van der Waals surface area contributed by atoms with E-state index in [1.807, 2.05) is 37.4 Å². The molecule has 0 spiro atoms. The Labute approximate surface area is 187 Å². The summed E-state index contributed by atoms with van der Waals surface area (Å²) < 4.78 is 1.53. The maximum Gasteiger partial charge on any atom is 0.270 e. The third kappa shape index (κ3) is 5.23. The van der Waals surface area contributed by atoms with Crippen LogP contribution in [0, 0.1) is 0 Å². The van der Waals surface area contributed by atoms with Gasteiger partial charge in [-0.15, -0.1) is 0 Å². The molecule has 1 saturated carbocycles. The second-order valence-corrected chi connectivity index (χ2v) is 8.08. The van der Waals surface area contributed by atoms with Crippen molar-refractivity contribution >= 4 is 22.9 Å². The standard InChI is InChI=1S/C21H21N5O2.C4H8/c1-22-13-16-10-15-7-6-14(9-17(15)24-16)12-23-21(28)18-11-20(27)26-8-4-2-3-5-19(26)25-18;1-2-4-3-1/h2-7,9-11,22,24H,8,12-13H2,1H3,(H,23,28);1-4H2. The van der Waals surface area contributed by atoms with E-state index in [2.05, 4.69) is 26.7 Å². The van der Waals surface area contributed by atoms with Crippen LogP contribution in [0.4, 0.5) is 0 Å². The first-order chi connectivity index (χ1) is 15.6. The summed E-state index contributed by atoms with van der Waals surface area (Å²) in [4.78, 5) is 32.5. The molecule has 2 aliphatic rings. The van der Waals surface area contributed by atoms with Crippen LogP contribution < -0.4 is 16.2 Å². The lowest BCUT2D eigenvalue weighted by Gasteiger charge is -2.09. The van der Waals surface area contributed by atoms with E-state index in [4.69, 9.17) is 0 Å². The predicted molar refractivity (Wildman–Crippen MR) is 127 cm³/mol. The zero-order chi connectivity index (χ0) is 22.3. The lowest BCUT2D eigenvalue weighted by molar-refractivity contribution is 0.0945. The lowest BCUT2D eigenvalue weighted by atomic mass is 10.0. The van der Waals surface area contributed by atoms with Crippen molar-refractivity contribution in [1.82, 2.24) is 25.2 Å². The van der Waals surface area contributed by atoms with Crippen molar-refractivity contribution in [3.05, 3.63) is 81.7 Å². The van der Waals surface area contributed by atoms with Gasteiger partial charge in [-0.1, -0.05) is 56.0 Å². The molecule has 7 heteroatoms. The maximum absolute atomic E-state index is 12.5. The monoisotopic (exact) mass is 431 g/mol. The van der Waals surface area contributed by atoms with E-state index < -0.39 is 0 Å². The fourth-order valence-corrected chi connectivity index (χ4v) is 3.49. The number of rotatable bonds is 5. The SMILES string of the molecule is C1CCC1.CNCc1cc2ccc(CNC(=O)c3cc(=O)n4c(n3)C=CC=CC4)cc2[nH]1. The molecular formula is C25H29N5O2. The highest BCUT2D eigenvalue weighted by molar-refractivity contribution is 5.92. The maximum atomic E-state index is 12.5. The lowest BCUT2D eigenvalue weighted by Crippen LogP contribution is -2.29. The van der Waals surface area contributed by atoms with E-state index in [9.17, 15) is 9.59 Å². The average Bonchev–Trinajstić information content (AvgIpc) is 2.97. The molecule has 2 aromatic heterocycles. The number of hydrogen-bond donors (Lipinski definition) is 3. The zero-order valence-electron chi connectivity index (χ0n) is 18.4. The summed E-state index contributed by atoms with van der Waals surface area (Å²) in [6.07, 6.45) is 13.3. The Bertz CT molecular complexity index is 1210. The number of aromatic nitrogens is 3. The molecule has 1 aliphatic carbocycles. The Balaban J connectivity index is 0.000000552. The first-order valence-electron chi connectivity index (χ1n) is 11.1. The summed E-state index contributed by atoms with van der Waals surface area (Å²) in [6.45, 7) is 1.57. The van der Waals surface area contributed by atoms with Crippen LogP contribution in [-0.2, 0) is 19.6 Å². The van der Waals surface area contributed by atoms with Crippen molar-refractivity contribution in [1.29, 1.82) is 0 Å². The van der Waals surface area contributed by atoms with E-state index in [0.717, 1.165) is 28.7 Å². The largest absolute Gasteiger partial charge is 0.357 e. The number of carbonyl (C=O) groups excluding carboxylic acids is 1. The Morgan fingerprint density at radius 2 is 1.91 bits per heavy atom. The minimum atomic E-state index is -0.367. The molecule has 0 saturated heterocycles. The third-order valence-electron chi connectivity index (χ3n) is 5.61. The van der Waals surface area contributed by atoms with Gasteiger partial charge in [0.1, 0.15) is 11.5 Å². The molecule has 0 radical (unpaired) electrons. The molecule has 3 heterocycles. The minimum Gasteiger partial charge on any atom is -0.357 e. The van der Waals surface area contributed by atoms with Crippen molar-refractivity contribution in [3.8, 4) is 0 Å². The molecule has 7 nitrogen and oxygen atoms in total. The molecule has 32 heavy (non-hydrogen) atoms. The Morgan fingerprint density at radius 1 is 1.09 bits per heavy atom. The van der Waals surface area contributed by atoms with Crippen LogP contribution in [0.3, 0.4) is 0 Å². The van der Waals surface area contributed by atoms with Crippen LogP contribution in [0.5, 0.6) is 0 Å². The van der Waals surface area contributed by atoms with Crippen LogP contribution in [0.25, 0.3) is 17.0 Å². The quantitative estimate of drug-likeness (QED) is 0.576. The van der Waals surface area contributed by atoms with Crippen molar-refractivity contribution in [2.45, 2.75) is 45.3 Å². The molecule has 1 aromatic carbocycles. The number of nitrogens with zero attached hydrogens (tertiary/aromatic N) is 2. The van der Waals surface area contributed by atoms with Gasteiger partial charge in [0.25, 0.3) is 11.5 Å². The molecule has 0 atom stereocenters. The summed E-state index contributed by atoms with van der Waals surface area (Å²) in [5.74, 6) is 0.112. The summed E-state index contributed by atoms with van der Waals surface area (Å²) in [6, 6.07) is 9.40. The van der Waals surface area contributed by atoms with E-state index in [1.54, 1.807) is 12.2 Å². The molecule has 3 aromatic rings. The van der Waals surface area contributed by atoms with Gasteiger partial charge in [0.05, 0.1) is 0 Å².